The Morgan fingerprint density at radius 2 is 1.81 bits per heavy atom. The van der Waals surface area contributed by atoms with Crippen LogP contribution in [0.2, 0.25) is 0 Å². The van der Waals surface area contributed by atoms with Gasteiger partial charge in [-0.05, 0) is 36.5 Å². The Bertz CT molecular complexity index is 762. The topological polar surface area (TPSA) is 32.8 Å². The van der Waals surface area contributed by atoms with Gasteiger partial charge in [-0.25, -0.2) is 4.79 Å². The van der Waals surface area contributed by atoms with Crippen LogP contribution < -0.4 is 0 Å². The molecule has 2 aromatic carbocycles. The summed E-state index contributed by atoms with van der Waals surface area (Å²) in [6.45, 7) is 4.66. The van der Waals surface area contributed by atoms with Crippen LogP contribution in [0.3, 0.4) is 0 Å². The molecule has 4 nitrogen and oxygen atoms in total. The summed E-state index contributed by atoms with van der Waals surface area (Å²) in [6.07, 6.45) is 1.85. The summed E-state index contributed by atoms with van der Waals surface area (Å²) in [6, 6.07) is 20.2. The molecule has 1 saturated heterocycles. The smallest absolute Gasteiger partial charge is 0.409 e. The van der Waals surface area contributed by atoms with E-state index in [4.69, 9.17) is 4.74 Å². The minimum atomic E-state index is -0.180. The van der Waals surface area contributed by atoms with Gasteiger partial charge >= 0.3 is 6.09 Å². The van der Waals surface area contributed by atoms with E-state index in [0.717, 1.165) is 32.5 Å². The van der Waals surface area contributed by atoms with E-state index in [-0.39, 0.29) is 12.1 Å². The Morgan fingerprint density at radius 3 is 2.62 bits per heavy atom. The Morgan fingerprint density at radius 1 is 1.04 bits per heavy atom. The lowest BCUT2D eigenvalue weighted by Crippen LogP contribution is -2.44. The van der Waals surface area contributed by atoms with E-state index < -0.39 is 0 Å². The predicted molar refractivity (Wildman–Crippen MR) is 102 cm³/mol. The second-order valence-electron chi connectivity index (χ2n) is 7.08. The van der Waals surface area contributed by atoms with E-state index in [1.165, 1.54) is 16.7 Å². The number of nitrogens with zero attached hydrogens (tertiary/aromatic N) is 2. The Labute approximate surface area is 155 Å². The lowest BCUT2D eigenvalue weighted by molar-refractivity contribution is 0.107. The predicted octanol–water partition coefficient (Wildman–Crippen LogP) is 3.86. The zero-order valence-corrected chi connectivity index (χ0v) is 15.3. The first-order chi connectivity index (χ1) is 12.8. The maximum atomic E-state index is 12.2. The first-order valence-corrected chi connectivity index (χ1v) is 9.58. The van der Waals surface area contributed by atoms with Gasteiger partial charge in [0, 0.05) is 25.7 Å². The molecule has 136 valence electrons. The van der Waals surface area contributed by atoms with Crippen LogP contribution in [0.25, 0.3) is 0 Å². The van der Waals surface area contributed by atoms with E-state index >= 15 is 0 Å². The molecular weight excluding hydrogens is 324 g/mol. The van der Waals surface area contributed by atoms with Gasteiger partial charge in [0.2, 0.25) is 0 Å². The number of amides is 1. The van der Waals surface area contributed by atoms with Crippen molar-refractivity contribution in [3.05, 3.63) is 71.3 Å². The number of hydrogen-bond donors (Lipinski definition) is 0. The monoisotopic (exact) mass is 350 g/mol. The van der Waals surface area contributed by atoms with Crippen molar-refractivity contribution in [2.75, 3.05) is 26.2 Å². The molecule has 2 atom stereocenters. The van der Waals surface area contributed by atoms with Crippen molar-refractivity contribution in [3.63, 3.8) is 0 Å². The van der Waals surface area contributed by atoms with Gasteiger partial charge in [0.25, 0.3) is 0 Å². The van der Waals surface area contributed by atoms with Gasteiger partial charge in [-0.15, -0.1) is 0 Å². The summed E-state index contributed by atoms with van der Waals surface area (Å²) in [5.41, 5.74) is 4.17. The number of carbonyl (C=O) groups is 1. The molecule has 2 aliphatic heterocycles. The van der Waals surface area contributed by atoms with E-state index in [1.807, 2.05) is 11.8 Å². The third-order valence-electron chi connectivity index (χ3n) is 5.61. The summed E-state index contributed by atoms with van der Waals surface area (Å²) >= 11 is 0. The van der Waals surface area contributed by atoms with E-state index in [0.29, 0.717) is 12.6 Å². The van der Waals surface area contributed by atoms with Gasteiger partial charge in [-0.3, -0.25) is 4.90 Å². The number of ether oxygens (including phenoxy) is 1. The summed E-state index contributed by atoms with van der Waals surface area (Å²) in [4.78, 5) is 16.7. The minimum Gasteiger partial charge on any atom is -0.450 e. The third kappa shape index (κ3) is 3.21. The van der Waals surface area contributed by atoms with Gasteiger partial charge in [-0.2, -0.15) is 0 Å². The van der Waals surface area contributed by atoms with Crippen LogP contribution in [0.5, 0.6) is 0 Å². The summed E-state index contributed by atoms with van der Waals surface area (Å²) < 4.78 is 5.23. The number of carbonyl (C=O) groups excluding carboxylic acids is 1. The highest BCUT2D eigenvalue weighted by molar-refractivity contribution is 5.67. The summed E-state index contributed by atoms with van der Waals surface area (Å²) in [5.74, 6) is 0. The fraction of sp³-hybridized carbons (Fsp3) is 0.409. The second-order valence-corrected chi connectivity index (χ2v) is 7.08. The molecular formula is C22H26N2O2. The van der Waals surface area contributed by atoms with Crippen molar-refractivity contribution in [3.8, 4) is 0 Å². The molecule has 4 heteroatoms. The molecule has 0 spiro atoms. The molecule has 2 unspecified atom stereocenters. The molecule has 0 bridgehead atoms. The van der Waals surface area contributed by atoms with E-state index in [1.54, 1.807) is 0 Å². The van der Waals surface area contributed by atoms with Crippen LogP contribution in [-0.2, 0) is 11.2 Å². The molecule has 2 heterocycles. The lowest BCUT2D eigenvalue weighted by Gasteiger charge is -2.42. The van der Waals surface area contributed by atoms with Crippen LogP contribution in [0.4, 0.5) is 4.79 Å². The van der Waals surface area contributed by atoms with Crippen molar-refractivity contribution in [1.29, 1.82) is 0 Å². The van der Waals surface area contributed by atoms with Crippen molar-refractivity contribution < 1.29 is 9.53 Å². The van der Waals surface area contributed by atoms with Crippen molar-refractivity contribution in [2.24, 2.45) is 0 Å². The van der Waals surface area contributed by atoms with E-state index in [2.05, 4.69) is 59.5 Å². The van der Waals surface area contributed by atoms with Crippen molar-refractivity contribution in [2.45, 2.75) is 31.8 Å². The normalized spacial score (nSPS) is 22.9. The summed E-state index contributed by atoms with van der Waals surface area (Å²) in [5, 5.41) is 0. The van der Waals surface area contributed by atoms with Crippen molar-refractivity contribution in [1.82, 2.24) is 9.80 Å². The Kier molecular flexibility index (Phi) is 4.93. The zero-order chi connectivity index (χ0) is 17.9. The number of rotatable bonds is 2. The fourth-order valence-electron chi connectivity index (χ4n) is 4.38. The molecule has 2 aliphatic rings. The van der Waals surface area contributed by atoms with Gasteiger partial charge in [0.15, 0.2) is 0 Å². The summed E-state index contributed by atoms with van der Waals surface area (Å²) in [7, 11) is 0. The van der Waals surface area contributed by atoms with Gasteiger partial charge in [0.1, 0.15) is 0 Å². The van der Waals surface area contributed by atoms with E-state index in [9.17, 15) is 4.79 Å². The average Bonchev–Trinajstić information content (AvgIpc) is 2.89. The highest BCUT2D eigenvalue weighted by atomic mass is 16.6. The largest absolute Gasteiger partial charge is 0.450 e. The standard InChI is InChI=1S/C22H26N2O2/c1-2-26-22(25)23-13-12-19-16-18-10-6-7-11-20(18)21(24(19)15-14-23)17-8-4-3-5-9-17/h3-11,19,21H,2,12-16H2,1H3. The first-order valence-electron chi connectivity index (χ1n) is 9.58. The van der Waals surface area contributed by atoms with Gasteiger partial charge in [0.05, 0.1) is 12.6 Å². The third-order valence-corrected chi connectivity index (χ3v) is 5.61. The molecule has 0 radical (unpaired) electrons. The Hall–Kier alpha value is -2.33. The molecule has 0 aromatic heterocycles. The quantitative estimate of drug-likeness (QED) is 0.824. The maximum Gasteiger partial charge on any atom is 0.409 e. The first kappa shape index (κ1) is 17.1. The average molecular weight is 350 g/mol. The number of hydrogen-bond acceptors (Lipinski definition) is 3. The highest BCUT2D eigenvalue weighted by Crippen LogP contribution is 2.39. The molecule has 1 amide bonds. The molecule has 1 fully saturated rings. The maximum absolute atomic E-state index is 12.2. The van der Waals surface area contributed by atoms with Crippen LogP contribution >= 0.6 is 0 Å². The number of benzene rings is 2. The molecule has 0 N–H and O–H groups in total. The highest BCUT2D eigenvalue weighted by Gasteiger charge is 2.37. The van der Waals surface area contributed by atoms with Crippen LogP contribution in [0.15, 0.2) is 54.6 Å². The van der Waals surface area contributed by atoms with Crippen LogP contribution in [-0.4, -0.2) is 48.2 Å². The SMILES string of the molecule is CCOC(=O)N1CCC2Cc3ccccc3C(c3ccccc3)N2CC1. The number of fused-ring (bicyclic) bond motifs is 2. The fourth-order valence-corrected chi connectivity index (χ4v) is 4.38. The molecule has 0 aliphatic carbocycles. The Balaban J connectivity index is 1.67. The van der Waals surface area contributed by atoms with Crippen LogP contribution in [0, 0.1) is 0 Å². The minimum absolute atomic E-state index is 0.180. The zero-order valence-electron chi connectivity index (χ0n) is 15.3. The molecule has 2 aromatic rings. The second kappa shape index (κ2) is 7.50. The van der Waals surface area contributed by atoms with Crippen LogP contribution in [0.1, 0.15) is 36.1 Å². The van der Waals surface area contributed by atoms with Crippen molar-refractivity contribution >= 4 is 6.09 Å². The lowest BCUT2D eigenvalue weighted by atomic mass is 9.84. The molecule has 4 rings (SSSR count). The van der Waals surface area contributed by atoms with Gasteiger partial charge < -0.3 is 9.64 Å². The molecule has 26 heavy (non-hydrogen) atoms. The molecule has 0 saturated carbocycles. The van der Waals surface area contributed by atoms with Gasteiger partial charge in [-0.1, -0.05) is 54.6 Å².